The summed E-state index contributed by atoms with van der Waals surface area (Å²) < 4.78 is 1.63. The second kappa shape index (κ2) is 4.55. The van der Waals surface area contributed by atoms with Gasteiger partial charge in [-0.1, -0.05) is 18.2 Å². The Kier molecular flexibility index (Phi) is 3.10. The molecular formula is C12H14N2O3. The molecule has 5 heteroatoms. The van der Waals surface area contributed by atoms with Gasteiger partial charge < -0.3 is 10.2 Å². The zero-order chi connectivity index (χ0) is 12.4. The van der Waals surface area contributed by atoms with E-state index in [9.17, 15) is 9.90 Å². The summed E-state index contributed by atoms with van der Waals surface area (Å²) in [6, 6.07) is 7.20. The van der Waals surface area contributed by atoms with E-state index in [1.807, 2.05) is 12.1 Å². The highest BCUT2D eigenvalue weighted by Gasteiger charge is 2.15. The number of aromatic carboxylic acids is 1. The number of hydrogen-bond acceptors (Lipinski definition) is 3. The maximum Gasteiger partial charge on any atom is 0.357 e. The summed E-state index contributed by atoms with van der Waals surface area (Å²) in [6.07, 6.45) is 0.122. The average molecular weight is 234 g/mol. The molecule has 0 amide bonds. The molecule has 1 unspecified atom stereocenters. The number of fused-ring (bicyclic) bond motifs is 1. The molecule has 2 aromatic rings. The van der Waals surface area contributed by atoms with E-state index in [0.29, 0.717) is 18.4 Å². The van der Waals surface area contributed by atoms with Crippen LogP contribution in [0.1, 0.15) is 23.8 Å². The van der Waals surface area contributed by atoms with Crippen molar-refractivity contribution in [2.24, 2.45) is 0 Å². The molecular weight excluding hydrogens is 220 g/mol. The average Bonchev–Trinajstić information content (AvgIpc) is 2.65. The molecule has 0 saturated heterocycles. The maximum absolute atomic E-state index is 11.0. The van der Waals surface area contributed by atoms with Crippen LogP contribution >= 0.6 is 0 Å². The van der Waals surface area contributed by atoms with Crippen molar-refractivity contribution in [3.05, 3.63) is 30.0 Å². The van der Waals surface area contributed by atoms with E-state index in [0.717, 1.165) is 5.52 Å². The van der Waals surface area contributed by atoms with Crippen molar-refractivity contribution in [3.63, 3.8) is 0 Å². The third-order valence-electron chi connectivity index (χ3n) is 2.62. The highest BCUT2D eigenvalue weighted by atomic mass is 16.4. The van der Waals surface area contributed by atoms with Crippen LogP contribution in [-0.4, -0.2) is 32.1 Å². The fourth-order valence-corrected chi connectivity index (χ4v) is 1.76. The lowest BCUT2D eigenvalue weighted by Gasteiger charge is -2.05. The van der Waals surface area contributed by atoms with Gasteiger partial charge in [-0.15, -0.1) is 0 Å². The fourth-order valence-electron chi connectivity index (χ4n) is 1.76. The van der Waals surface area contributed by atoms with E-state index in [-0.39, 0.29) is 5.69 Å². The van der Waals surface area contributed by atoms with E-state index >= 15 is 0 Å². The predicted molar refractivity (Wildman–Crippen MR) is 63.0 cm³/mol. The van der Waals surface area contributed by atoms with Gasteiger partial charge >= 0.3 is 5.97 Å². The van der Waals surface area contributed by atoms with Gasteiger partial charge in [-0.2, -0.15) is 5.10 Å². The lowest BCUT2D eigenvalue weighted by molar-refractivity contribution is 0.0691. The molecule has 0 radical (unpaired) electrons. The lowest BCUT2D eigenvalue weighted by Crippen LogP contribution is -2.09. The number of aromatic nitrogens is 2. The molecule has 0 saturated carbocycles. The monoisotopic (exact) mass is 234 g/mol. The molecule has 17 heavy (non-hydrogen) atoms. The molecule has 2 N–H and O–H groups in total. The molecule has 1 atom stereocenters. The van der Waals surface area contributed by atoms with Crippen LogP contribution in [0.2, 0.25) is 0 Å². The first-order chi connectivity index (χ1) is 8.09. The number of para-hydroxylation sites is 1. The zero-order valence-corrected chi connectivity index (χ0v) is 9.50. The summed E-state index contributed by atoms with van der Waals surface area (Å²) in [5, 5.41) is 23.0. The highest BCUT2D eigenvalue weighted by molar-refractivity contribution is 6.01. The Morgan fingerprint density at radius 1 is 1.47 bits per heavy atom. The molecule has 0 aliphatic carbocycles. The molecule has 0 aliphatic rings. The Labute approximate surface area is 98.3 Å². The van der Waals surface area contributed by atoms with Gasteiger partial charge in [0.1, 0.15) is 0 Å². The van der Waals surface area contributed by atoms with E-state index in [1.54, 1.807) is 23.7 Å². The number of benzene rings is 1. The molecule has 1 aromatic heterocycles. The fraction of sp³-hybridized carbons (Fsp3) is 0.333. The van der Waals surface area contributed by atoms with Crippen LogP contribution in [0.15, 0.2) is 24.3 Å². The van der Waals surface area contributed by atoms with E-state index in [1.165, 1.54) is 0 Å². The Hall–Kier alpha value is -1.88. The molecule has 1 heterocycles. The first kappa shape index (κ1) is 11.6. The summed E-state index contributed by atoms with van der Waals surface area (Å²) in [5.74, 6) is -1.03. The van der Waals surface area contributed by atoms with E-state index in [2.05, 4.69) is 5.10 Å². The molecule has 0 spiro atoms. The Morgan fingerprint density at radius 3 is 2.82 bits per heavy atom. The molecule has 0 aliphatic heterocycles. The second-order valence-corrected chi connectivity index (χ2v) is 4.03. The van der Waals surface area contributed by atoms with Crippen molar-refractivity contribution in [1.82, 2.24) is 9.78 Å². The van der Waals surface area contributed by atoms with Gasteiger partial charge in [0.2, 0.25) is 0 Å². The summed E-state index contributed by atoms with van der Waals surface area (Å²) in [5.41, 5.74) is 0.844. The van der Waals surface area contributed by atoms with Gasteiger partial charge in [-0.05, 0) is 19.4 Å². The van der Waals surface area contributed by atoms with Crippen molar-refractivity contribution in [2.45, 2.75) is 26.0 Å². The zero-order valence-electron chi connectivity index (χ0n) is 9.50. The normalized spacial score (nSPS) is 12.8. The minimum Gasteiger partial charge on any atom is -0.476 e. The van der Waals surface area contributed by atoms with E-state index < -0.39 is 12.1 Å². The SMILES string of the molecule is CC(O)CCn1nc(C(=O)O)c2ccccc21. The van der Waals surface area contributed by atoms with Crippen molar-refractivity contribution < 1.29 is 15.0 Å². The molecule has 2 rings (SSSR count). The number of aliphatic hydroxyl groups is 1. The summed E-state index contributed by atoms with van der Waals surface area (Å²) in [4.78, 5) is 11.0. The van der Waals surface area contributed by atoms with Gasteiger partial charge in [0.25, 0.3) is 0 Å². The van der Waals surface area contributed by atoms with Gasteiger partial charge in [0, 0.05) is 11.9 Å². The number of carboxylic acids is 1. The van der Waals surface area contributed by atoms with Crippen molar-refractivity contribution in [2.75, 3.05) is 0 Å². The van der Waals surface area contributed by atoms with Crippen LogP contribution in [0, 0.1) is 0 Å². The van der Waals surface area contributed by atoms with Crippen LogP contribution in [0.3, 0.4) is 0 Å². The molecule has 90 valence electrons. The Morgan fingerprint density at radius 2 is 2.18 bits per heavy atom. The standard InChI is InChI=1S/C12H14N2O3/c1-8(15)6-7-14-10-5-3-2-4-9(10)11(13-14)12(16)17/h2-5,8,15H,6-7H2,1H3,(H,16,17). The largest absolute Gasteiger partial charge is 0.476 e. The van der Waals surface area contributed by atoms with Crippen molar-refractivity contribution in [3.8, 4) is 0 Å². The van der Waals surface area contributed by atoms with Crippen molar-refractivity contribution >= 4 is 16.9 Å². The van der Waals surface area contributed by atoms with Crippen molar-refractivity contribution in [1.29, 1.82) is 0 Å². The number of aryl methyl sites for hydroxylation is 1. The van der Waals surface area contributed by atoms with Gasteiger partial charge in [-0.3, -0.25) is 4.68 Å². The number of carbonyl (C=O) groups is 1. The van der Waals surface area contributed by atoms with Gasteiger partial charge in [0.15, 0.2) is 5.69 Å². The quantitative estimate of drug-likeness (QED) is 0.840. The minimum atomic E-state index is -1.03. The topological polar surface area (TPSA) is 75.3 Å². The Bertz CT molecular complexity index is 546. The first-order valence-electron chi connectivity index (χ1n) is 5.46. The third-order valence-corrected chi connectivity index (χ3v) is 2.62. The van der Waals surface area contributed by atoms with E-state index in [4.69, 9.17) is 5.11 Å². The van der Waals surface area contributed by atoms with Crippen LogP contribution in [0.25, 0.3) is 10.9 Å². The maximum atomic E-state index is 11.0. The van der Waals surface area contributed by atoms with Gasteiger partial charge in [-0.25, -0.2) is 4.79 Å². The number of aliphatic hydroxyl groups excluding tert-OH is 1. The van der Waals surface area contributed by atoms with Crippen LogP contribution in [-0.2, 0) is 6.54 Å². The number of rotatable bonds is 4. The first-order valence-corrected chi connectivity index (χ1v) is 5.46. The summed E-state index contributed by atoms with van der Waals surface area (Å²) in [6.45, 7) is 2.20. The van der Waals surface area contributed by atoms with Gasteiger partial charge in [0.05, 0.1) is 11.6 Å². The number of hydrogen-bond donors (Lipinski definition) is 2. The second-order valence-electron chi connectivity index (χ2n) is 4.03. The summed E-state index contributed by atoms with van der Waals surface area (Å²) in [7, 11) is 0. The molecule has 0 bridgehead atoms. The number of carboxylic acid groups (broad SMARTS) is 1. The number of nitrogens with zero attached hydrogens (tertiary/aromatic N) is 2. The molecule has 5 nitrogen and oxygen atoms in total. The van der Waals surface area contributed by atoms with Crippen LogP contribution < -0.4 is 0 Å². The Balaban J connectivity index is 2.45. The third kappa shape index (κ3) is 2.29. The minimum absolute atomic E-state index is 0.0613. The predicted octanol–water partition coefficient (Wildman–Crippen LogP) is 1.51. The van der Waals surface area contributed by atoms with Crippen LogP contribution in [0.4, 0.5) is 0 Å². The highest BCUT2D eigenvalue weighted by Crippen LogP contribution is 2.18. The smallest absolute Gasteiger partial charge is 0.357 e. The molecule has 0 fully saturated rings. The molecule has 1 aromatic carbocycles. The lowest BCUT2D eigenvalue weighted by atomic mass is 10.2. The van der Waals surface area contributed by atoms with Crippen LogP contribution in [0.5, 0.6) is 0 Å². The summed E-state index contributed by atoms with van der Waals surface area (Å²) >= 11 is 0.